The van der Waals surface area contributed by atoms with Crippen LogP contribution in [0.25, 0.3) is 32.9 Å². The molecule has 0 N–H and O–H groups in total. The number of aromatic nitrogens is 3. The third-order valence-electron chi connectivity index (χ3n) is 11.4. The Hall–Kier alpha value is -3.76. The first kappa shape index (κ1) is 29.4. The van der Waals surface area contributed by atoms with Gasteiger partial charge in [-0.15, -0.1) is 0 Å². The number of hydrogen-bond donors (Lipinski definition) is 0. The van der Waals surface area contributed by atoms with Crippen molar-refractivity contribution in [2.24, 2.45) is 11.8 Å². The van der Waals surface area contributed by atoms with Crippen molar-refractivity contribution < 1.29 is 18.7 Å². The van der Waals surface area contributed by atoms with Crippen LogP contribution in [0.1, 0.15) is 44.9 Å². The molecule has 47 heavy (non-hydrogen) atoms. The SMILES string of the molecule is O=C1OCCN1C[C@H]1CC[C@@]2(COc3nc(N4CC5CCC(C5)C4)c4cnc(-c5cccc6cccc(Cl)c56)c(F)c4n3)CCCN12. The number of carbonyl (C=O) groups is 1. The Labute approximate surface area is 278 Å². The second-order valence-corrected chi connectivity index (χ2v) is 14.6. The van der Waals surface area contributed by atoms with Gasteiger partial charge in [0.2, 0.25) is 0 Å². The fraction of sp³-hybridized carbons (Fsp3) is 0.500. The van der Waals surface area contributed by atoms with Crippen LogP contribution in [0.15, 0.2) is 42.6 Å². The maximum absolute atomic E-state index is 16.8. The van der Waals surface area contributed by atoms with E-state index in [2.05, 4.69) is 14.8 Å². The second kappa shape index (κ2) is 11.4. The number of rotatable bonds is 7. The largest absolute Gasteiger partial charge is 0.461 e. The van der Waals surface area contributed by atoms with Gasteiger partial charge in [0.1, 0.15) is 30.2 Å². The molecule has 2 aromatic carbocycles. The van der Waals surface area contributed by atoms with Gasteiger partial charge in [0.15, 0.2) is 5.82 Å². The first-order valence-corrected chi connectivity index (χ1v) is 17.4. The molecule has 0 spiro atoms. The maximum Gasteiger partial charge on any atom is 0.409 e. The zero-order chi connectivity index (χ0) is 31.7. The minimum atomic E-state index is -0.498. The van der Waals surface area contributed by atoms with Gasteiger partial charge in [-0.05, 0) is 74.8 Å². The van der Waals surface area contributed by atoms with Gasteiger partial charge in [0.05, 0.1) is 17.5 Å². The summed E-state index contributed by atoms with van der Waals surface area (Å²) in [5.41, 5.74) is 0.906. The average Bonchev–Trinajstić information content (AvgIpc) is 3.85. The molecule has 9 nitrogen and oxygen atoms in total. The average molecular weight is 657 g/mol. The molecule has 1 aliphatic carbocycles. The van der Waals surface area contributed by atoms with Gasteiger partial charge in [-0.25, -0.2) is 9.18 Å². The Morgan fingerprint density at radius 2 is 1.87 bits per heavy atom. The summed E-state index contributed by atoms with van der Waals surface area (Å²) >= 11 is 6.65. The molecule has 4 aromatic rings. The first-order valence-electron chi connectivity index (χ1n) is 17.1. The molecule has 2 bridgehead atoms. The van der Waals surface area contributed by atoms with Crippen LogP contribution in [0.4, 0.5) is 15.0 Å². The lowest BCUT2D eigenvalue weighted by Gasteiger charge is -2.36. The minimum absolute atomic E-state index is 0.154. The van der Waals surface area contributed by atoms with E-state index < -0.39 is 5.82 Å². The molecule has 1 amide bonds. The number of cyclic esters (lactones) is 1. The number of benzene rings is 2. The summed E-state index contributed by atoms with van der Waals surface area (Å²) < 4.78 is 28.5. The van der Waals surface area contributed by atoms with Crippen LogP contribution >= 0.6 is 11.6 Å². The number of amides is 1. The van der Waals surface area contributed by atoms with Crippen LogP contribution in [0.3, 0.4) is 0 Å². The quantitative estimate of drug-likeness (QED) is 0.217. The fourth-order valence-corrected chi connectivity index (χ4v) is 9.52. The minimum Gasteiger partial charge on any atom is -0.461 e. The van der Waals surface area contributed by atoms with Crippen LogP contribution in [-0.2, 0) is 4.74 Å². The monoisotopic (exact) mass is 656 g/mol. The molecule has 1 saturated carbocycles. The summed E-state index contributed by atoms with van der Waals surface area (Å²) in [4.78, 5) is 33.3. The van der Waals surface area contributed by atoms with E-state index in [-0.39, 0.29) is 34.9 Å². The summed E-state index contributed by atoms with van der Waals surface area (Å²) in [7, 11) is 0. The van der Waals surface area contributed by atoms with Crippen molar-refractivity contribution >= 4 is 45.2 Å². The molecule has 5 aliphatic rings. The Morgan fingerprint density at radius 3 is 2.68 bits per heavy atom. The van der Waals surface area contributed by atoms with E-state index in [0.717, 1.165) is 56.1 Å². The highest BCUT2D eigenvalue weighted by atomic mass is 35.5. The fourth-order valence-electron chi connectivity index (χ4n) is 9.24. The third kappa shape index (κ3) is 4.98. The highest BCUT2D eigenvalue weighted by Crippen LogP contribution is 2.44. The van der Waals surface area contributed by atoms with Gasteiger partial charge >= 0.3 is 12.1 Å². The zero-order valence-corrected chi connectivity index (χ0v) is 27.1. The maximum atomic E-state index is 16.8. The Bertz CT molecular complexity index is 1880. The Morgan fingerprint density at radius 1 is 1.04 bits per heavy atom. The Kier molecular flexibility index (Phi) is 7.15. The predicted molar refractivity (Wildman–Crippen MR) is 178 cm³/mol. The van der Waals surface area contributed by atoms with E-state index in [4.69, 9.17) is 31.0 Å². The van der Waals surface area contributed by atoms with Crippen molar-refractivity contribution in [3.05, 3.63) is 53.4 Å². The number of carbonyl (C=O) groups excluding carboxylic acids is 1. The zero-order valence-electron chi connectivity index (χ0n) is 26.3. The normalized spacial score (nSPS) is 27.3. The topological polar surface area (TPSA) is 83.9 Å². The van der Waals surface area contributed by atoms with E-state index in [1.807, 2.05) is 41.3 Å². The molecule has 2 unspecified atom stereocenters. The number of anilines is 1. The molecule has 0 radical (unpaired) electrons. The number of fused-ring (bicyclic) bond motifs is 5. The third-order valence-corrected chi connectivity index (χ3v) is 11.8. The summed E-state index contributed by atoms with van der Waals surface area (Å²) in [5.74, 6) is 1.44. The summed E-state index contributed by atoms with van der Waals surface area (Å²) in [6.45, 7) is 4.95. The highest BCUT2D eigenvalue weighted by Gasteiger charge is 2.50. The lowest BCUT2D eigenvalue weighted by molar-refractivity contribution is 0.0753. The van der Waals surface area contributed by atoms with Crippen molar-refractivity contribution in [1.82, 2.24) is 24.8 Å². The van der Waals surface area contributed by atoms with Crippen LogP contribution < -0.4 is 9.64 Å². The van der Waals surface area contributed by atoms with E-state index >= 15 is 4.39 Å². The molecule has 9 rings (SSSR count). The number of piperidine rings is 1. The highest BCUT2D eigenvalue weighted by molar-refractivity contribution is 6.36. The summed E-state index contributed by atoms with van der Waals surface area (Å²) in [5, 5.41) is 2.83. The van der Waals surface area contributed by atoms with Crippen molar-refractivity contribution in [3.63, 3.8) is 0 Å². The van der Waals surface area contributed by atoms with Crippen LogP contribution in [0.5, 0.6) is 6.01 Å². The second-order valence-electron chi connectivity index (χ2n) is 14.2. The molecule has 5 fully saturated rings. The van der Waals surface area contributed by atoms with Crippen molar-refractivity contribution in [2.45, 2.75) is 56.5 Å². The lowest BCUT2D eigenvalue weighted by Crippen LogP contribution is -2.49. The summed E-state index contributed by atoms with van der Waals surface area (Å²) in [6, 6.07) is 11.9. The van der Waals surface area contributed by atoms with Gasteiger partial charge < -0.3 is 19.3 Å². The lowest BCUT2D eigenvalue weighted by atomic mass is 9.95. The number of pyridine rings is 1. The molecule has 11 heteroatoms. The van der Waals surface area contributed by atoms with Gasteiger partial charge in [-0.2, -0.15) is 9.97 Å². The van der Waals surface area contributed by atoms with E-state index in [9.17, 15) is 4.79 Å². The molecular weight excluding hydrogens is 619 g/mol. The van der Waals surface area contributed by atoms with Gasteiger partial charge in [0, 0.05) is 47.8 Å². The smallest absolute Gasteiger partial charge is 0.409 e. The van der Waals surface area contributed by atoms with Gasteiger partial charge in [-0.3, -0.25) is 9.88 Å². The van der Waals surface area contributed by atoms with E-state index in [0.29, 0.717) is 59.9 Å². The van der Waals surface area contributed by atoms with Crippen LogP contribution in [0.2, 0.25) is 5.02 Å². The number of halogens is 2. The van der Waals surface area contributed by atoms with Crippen molar-refractivity contribution in [2.75, 3.05) is 50.8 Å². The Balaban J connectivity index is 1.08. The van der Waals surface area contributed by atoms with Crippen molar-refractivity contribution in [1.29, 1.82) is 0 Å². The molecular formula is C36H38ClFN6O3. The standard InChI is InChI=1S/C36H38ClFN6O3/c37-28-7-2-5-24-4-1-6-26(29(24)28)31-30(38)32-27(17-39-31)33(43-18-22-8-9-23(16-22)19-43)41-34(40-32)47-21-36-11-3-13-44(36)25(10-12-36)20-42-14-15-46-35(42)45/h1-2,4-7,17,22-23,25H,3,8-16,18-21H2/t22?,23?,25-,36-/m1/s1. The number of ether oxygens (including phenoxy) is 2. The molecule has 2 aromatic heterocycles. The first-order chi connectivity index (χ1) is 23.0. The molecule has 4 saturated heterocycles. The molecule has 244 valence electrons. The van der Waals surface area contributed by atoms with E-state index in [1.54, 1.807) is 6.20 Å². The molecule has 4 aliphatic heterocycles. The predicted octanol–water partition coefficient (Wildman–Crippen LogP) is 6.70. The molecule has 6 heterocycles. The number of hydrogen-bond acceptors (Lipinski definition) is 8. The van der Waals surface area contributed by atoms with E-state index in [1.165, 1.54) is 19.3 Å². The summed E-state index contributed by atoms with van der Waals surface area (Å²) in [6.07, 6.45) is 9.24. The van der Waals surface area contributed by atoms with Crippen LogP contribution in [0, 0.1) is 17.7 Å². The van der Waals surface area contributed by atoms with Gasteiger partial charge in [-0.1, -0.05) is 41.9 Å². The molecule has 4 atom stereocenters. The van der Waals surface area contributed by atoms with Gasteiger partial charge in [0.25, 0.3) is 0 Å². The number of nitrogens with zero attached hydrogens (tertiary/aromatic N) is 6. The van der Waals surface area contributed by atoms with Crippen LogP contribution in [-0.4, -0.2) is 88.4 Å². The van der Waals surface area contributed by atoms with Crippen molar-refractivity contribution in [3.8, 4) is 17.3 Å².